The Kier molecular flexibility index (Phi) is 5.48. The number of ether oxygens (including phenoxy) is 1. The van der Waals surface area contributed by atoms with E-state index >= 15 is 0 Å². The third-order valence-electron chi connectivity index (χ3n) is 6.52. The molecule has 34 heavy (non-hydrogen) atoms. The molecule has 0 saturated carbocycles. The highest BCUT2D eigenvalue weighted by molar-refractivity contribution is 6.32. The van der Waals surface area contributed by atoms with E-state index in [0.29, 0.717) is 35.2 Å². The highest BCUT2D eigenvalue weighted by Crippen LogP contribution is 2.34. The number of nitrogens with zero attached hydrogens (tertiary/aromatic N) is 5. The lowest BCUT2D eigenvalue weighted by molar-refractivity contribution is 0.0591. The zero-order valence-corrected chi connectivity index (χ0v) is 20.3. The van der Waals surface area contributed by atoms with Gasteiger partial charge in [-0.15, -0.1) is 0 Å². The summed E-state index contributed by atoms with van der Waals surface area (Å²) in [6.45, 7) is 7.52. The third-order valence-corrected chi connectivity index (χ3v) is 6.82. The van der Waals surface area contributed by atoms with Crippen molar-refractivity contribution in [1.29, 1.82) is 0 Å². The fraction of sp³-hybridized carbons (Fsp3) is 0.320. The summed E-state index contributed by atoms with van der Waals surface area (Å²) >= 11 is 6.37. The van der Waals surface area contributed by atoms with Crippen molar-refractivity contribution < 1.29 is 9.53 Å². The molecule has 0 fully saturated rings. The molecule has 1 aliphatic rings. The molecule has 0 radical (unpaired) electrons. The summed E-state index contributed by atoms with van der Waals surface area (Å²) < 4.78 is 10.8. The van der Waals surface area contributed by atoms with Crippen molar-refractivity contribution in [3.63, 3.8) is 0 Å². The smallest absolute Gasteiger partial charge is 0.275 e. The number of pyridine rings is 1. The molecule has 1 amide bonds. The van der Waals surface area contributed by atoms with Crippen molar-refractivity contribution >= 4 is 28.4 Å². The fourth-order valence-electron chi connectivity index (χ4n) is 4.71. The van der Waals surface area contributed by atoms with Gasteiger partial charge in [0.15, 0.2) is 0 Å². The maximum atomic E-state index is 13.5. The van der Waals surface area contributed by atoms with Crippen LogP contribution in [0.4, 0.5) is 0 Å². The molecule has 0 unspecified atom stereocenters. The molecule has 8 nitrogen and oxygen atoms in total. The predicted octanol–water partition coefficient (Wildman–Crippen LogP) is 4.02. The Labute approximate surface area is 201 Å². The van der Waals surface area contributed by atoms with E-state index in [1.807, 2.05) is 30.9 Å². The van der Waals surface area contributed by atoms with Gasteiger partial charge in [-0.2, -0.15) is 0 Å². The number of carbonyl (C=O) groups excluding carboxylic acids is 1. The van der Waals surface area contributed by atoms with Crippen LogP contribution in [-0.2, 0) is 19.6 Å². The van der Waals surface area contributed by atoms with Gasteiger partial charge >= 0.3 is 0 Å². The number of halogens is 1. The quantitative estimate of drug-likeness (QED) is 0.433. The van der Waals surface area contributed by atoms with E-state index < -0.39 is 0 Å². The van der Waals surface area contributed by atoms with Gasteiger partial charge in [-0.25, -0.2) is 4.98 Å². The number of fused-ring (bicyclic) bond motifs is 2. The molecule has 0 aliphatic carbocycles. The number of amides is 1. The van der Waals surface area contributed by atoms with Gasteiger partial charge < -0.3 is 23.3 Å². The molecule has 0 spiro atoms. The van der Waals surface area contributed by atoms with Crippen LogP contribution in [0.5, 0.6) is 5.75 Å². The summed E-state index contributed by atoms with van der Waals surface area (Å²) in [7, 11) is 1.59. The van der Waals surface area contributed by atoms with Crippen molar-refractivity contribution in [2.75, 3.05) is 7.11 Å². The molecular formula is C25H26ClN5O3. The maximum absolute atomic E-state index is 13.5. The van der Waals surface area contributed by atoms with E-state index in [-0.39, 0.29) is 17.5 Å². The van der Waals surface area contributed by atoms with Gasteiger partial charge in [0.2, 0.25) is 0 Å². The summed E-state index contributed by atoms with van der Waals surface area (Å²) in [6, 6.07) is 7.09. The number of methoxy groups -OCH3 is 1. The summed E-state index contributed by atoms with van der Waals surface area (Å²) in [5, 5.41) is 1.55. The number of hydrogen-bond acceptors (Lipinski definition) is 4. The van der Waals surface area contributed by atoms with E-state index in [9.17, 15) is 9.59 Å². The van der Waals surface area contributed by atoms with Crippen LogP contribution in [0.25, 0.3) is 16.6 Å². The lowest BCUT2D eigenvalue weighted by Gasteiger charge is -2.35. The van der Waals surface area contributed by atoms with Crippen LogP contribution >= 0.6 is 11.6 Å². The molecule has 1 atom stereocenters. The monoisotopic (exact) mass is 479 g/mol. The SMILES string of the molecule is CCn1cc(CN2C(=O)c3ccc(-n4cnc(C)c4)c(=O)n3C[C@@H]2C)c2cc(OC)c(Cl)cc21. The number of aryl methyl sites for hydroxylation is 2. The highest BCUT2D eigenvalue weighted by atomic mass is 35.5. The minimum absolute atomic E-state index is 0.160. The first-order valence-electron chi connectivity index (χ1n) is 11.2. The van der Waals surface area contributed by atoms with Gasteiger partial charge in [-0.1, -0.05) is 11.6 Å². The van der Waals surface area contributed by atoms with Gasteiger partial charge in [0, 0.05) is 43.5 Å². The van der Waals surface area contributed by atoms with Crippen LogP contribution in [-0.4, -0.2) is 42.6 Å². The second-order valence-electron chi connectivity index (χ2n) is 8.67. The van der Waals surface area contributed by atoms with Crippen molar-refractivity contribution in [2.45, 2.75) is 46.4 Å². The van der Waals surface area contributed by atoms with Crippen LogP contribution in [0.15, 0.2) is 47.8 Å². The second kappa shape index (κ2) is 8.36. The average molecular weight is 480 g/mol. The van der Waals surface area contributed by atoms with Crippen molar-refractivity contribution in [2.24, 2.45) is 0 Å². The van der Waals surface area contributed by atoms with Crippen LogP contribution in [0.1, 0.15) is 35.6 Å². The topological polar surface area (TPSA) is 74.3 Å². The molecule has 1 aliphatic heterocycles. The van der Waals surface area contributed by atoms with Crippen LogP contribution < -0.4 is 10.3 Å². The Bertz CT molecular complexity index is 1480. The standard InChI is InChI=1S/C25H26ClN5O3/c1-5-28-12-17(18-8-23(34-4)19(26)9-22(18)28)13-30-16(3)11-31-21(25(30)33)7-6-20(24(31)32)29-10-15(2)27-14-29/h6-10,12,14,16H,5,11,13H2,1-4H3/t16-/m0/s1. The Hall–Kier alpha value is -3.52. The molecule has 4 heterocycles. The molecule has 176 valence electrons. The van der Waals surface area contributed by atoms with Crippen molar-refractivity contribution in [3.8, 4) is 11.4 Å². The average Bonchev–Trinajstić information content (AvgIpc) is 3.39. The van der Waals surface area contributed by atoms with Gasteiger partial charge in [0.05, 0.1) is 29.7 Å². The first kappa shape index (κ1) is 22.3. The normalized spacial score (nSPS) is 15.7. The lowest BCUT2D eigenvalue weighted by Crippen LogP contribution is -2.49. The molecule has 0 bridgehead atoms. The molecule has 0 N–H and O–H groups in total. The number of aromatic nitrogens is 4. The molecule has 3 aromatic heterocycles. The largest absolute Gasteiger partial charge is 0.495 e. The highest BCUT2D eigenvalue weighted by Gasteiger charge is 2.32. The van der Waals surface area contributed by atoms with Gasteiger partial charge in [-0.05, 0) is 50.6 Å². The number of benzene rings is 1. The molecule has 4 aromatic rings. The maximum Gasteiger partial charge on any atom is 0.275 e. The van der Waals surface area contributed by atoms with Crippen LogP contribution in [0.2, 0.25) is 5.02 Å². The lowest BCUT2D eigenvalue weighted by atomic mass is 10.1. The van der Waals surface area contributed by atoms with E-state index in [1.165, 1.54) is 0 Å². The Morgan fingerprint density at radius 3 is 2.68 bits per heavy atom. The van der Waals surface area contributed by atoms with Crippen LogP contribution in [0.3, 0.4) is 0 Å². The molecule has 5 rings (SSSR count). The van der Waals surface area contributed by atoms with Crippen LogP contribution in [0, 0.1) is 6.92 Å². The second-order valence-corrected chi connectivity index (χ2v) is 9.08. The van der Waals surface area contributed by atoms with Crippen molar-refractivity contribution in [3.05, 3.63) is 75.3 Å². The summed E-state index contributed by atoms with van der Waals surface area (Å²) in [4.78, 5) is 32.8. The zero-order valence-electron chi connectivity index (χ0n) is 19.6. The number of hydrogen-bond donors (Lipinski definition) is 0. The summed E-state index contributed by atoms with van der Waals surface area (Å²) in [5.41, 5.74) is 3.50. The molecule has 1 aromatic carbocycles. The van der Waals surface area contributed by atoms with Crippen molar-refractivity contribution in [1.82, 2.24) is 23.6 Å². The Morgan fingerprint density at radius 2 is 2.00 bits per heavy atom. The molecule has 9 heteroatoms. The Balaban J connectivity index is 1.53. The number of imidazole rings is 1. The van der Waals surface area contributed by atoms with E-state index in [2.05, 4.69) is 22.7 Å². The minimum atomic E-state index is -0.197. The molecular weight excluding hydrogens is 454 g/mol. The van der Waals surface area contributed by atoms with Gasteiger partial charge in [0.1, 0.15) is 17.1 Å². The molecule has 0 saturated heterocycles. The fourth-order valence-corrected chi connectivity index (χ4v) is 4.95. The zero-order chi connectivity index (χ0) is 24.1. The summed E-state index contributed by atoms with van der Waals surface area (Å²) in [5.74, 6) is 0.434. The number of rotatable bonds is 5. The van der Waals surface area contributed by atoms with Gasteiger partial charge in [-0.3, -0.25) is 9.59 Å². The summed E-state index contributed by atoms with van der Waals surface area (Å²) in [6.07, 6.45) is 5.48. The number of carbonyl (C=O) groups is 1. The third kappa shape index (κ3) is 3.49. The Morgan fingerprint density at radius 1 is 1.21 bits per heavy atom. The first-order valence-corrected chi connectivity index (χ1v) is 11.6. The van der Waals surface area contributed by atoms with Gasteiger partial charge in [0.25, 0.3) is 11.5 Å². The first-order chi connectivity index (χ1) is 16.3. The minimum Gasteiger partial charge on any atom is -0.495 e. The predicted molar refractivity (Wildman–Crippen MR) is 131 cm³/mol. The van der Waals surface area contributed by atoms with E-state index in [1.54, 1.807) is 40.9 Å². The van der Waals surface area contributed by atoms with E-state index in [0.717, 1.165) is 28.7 Å². The van der Waals surface area contributed by atoms with E-state index in [4.69, 9.17) is 16.3 Å².